The molecule has 22 heavy (non-hydrogen) atoms. The highest BCUT2D eigenvalue weighted by atomic mass is 16.5. The van der Waals surface area contributed by atoms with Crippen LogP contribution in [-0.2, 0) is 16.1 Å². The summed E-state index contributed by atoms with van der Waals surface area (Å²) in [5.41, 5.74) is 0.890. The van der Waals surface area contributed by atoms with Gasteiger partial charge < -0.3 is 19.6 Å². The van der Waals surface area contributed by atoms with E-state index in [4.69, 9.17) is 9.47 Å². The Balaban J connectivity index is 1.86. The van der Waals surface area contributed by atoms with E-state index in [2.05, 4.69) is 5.32 Å². The first-order valence-electron chi connectivity index (χ1n) is 6.94. The smallest absolute Gasteiger partial charge is 0.407 e. The topological polar surface area (TPSA) is 64.6 Å². The van der Waals surface area contributed by atoms with Crippen molar-refractivity contribution in [3.8, 4) is 11.5 Å². The van der Waals surface area contributed by atoms with Crippen molar-refractivity contribution in [3.63, 3.8) is 0 Å². The molecule has 1 amide bonds. The molecule has 1 N–H and O–H groups in total. The van der Waals surface area contributed by atoms with E-state index in [9.17, 15) is 9.59 Å². The van der Waals surface area contributed by atoms with Gasteiger partial charge in [0.2, 0.25) is 0 Å². The van der Waals surface area contributed by atoms with Gasteiger partial charge in [-0.1, -0.05) is 30.3 Å². The molecule has 5 heteroatoms. The van der Waals surface area contributed by atoms with Gasteiger partial charge in [0.05, 0.1) is 6.61 Å². The van der Waals surface area contributed by atoms with Crippen molar-refractivity contribution in [3.05, 3.63) is 60.2 Å². The SMILES string of the molecule is O=CCCOC(=O)NCc1cccc(Oc2ccccc2)c1. The van der Waals surface area contributed by atoms with Gasteiger partial charge in [0.25, 0.3) is 0 Å². The van der Waals surface area contributed by atoms with Gasteiger partial charge in [0, 0.05) is 13.0 Å². The molecular formula is C17H17NO4. The number of benzene rings is 2. The van der Waals surface area contributed by atoms with Gasteiger partial charge in [-0.15, -0.1) is 0 Å². The average molecular weight is 299 g/mol. The molecule has 0 aromatic heterocycles. The number of ether oxygens (including phenoxy) is 2. The molecule has 2 aromatic carbocycles. The maximum atomic E-state index is 11.4. The van der Waals surface area contributed by atoms with E-state index in [0.717, 1.165) is 11.3 Å². The summed E-state index contributed by atoms with van der Waals surface area (Å²) >= 11 is 0. The summed E-state index contributed by atoms with van der Waals surface area (Å²) < 4.78 is 10.5. The van der Waals surface area contributed by atoms with Crippen molar-refractivity contribution in [2.75, 3.05) is 6.61 Å². The van der Waals surface area contributed by atoms with Crippen LogP contribution in [0.2, 0.25) is 0 Å². The fraction of sp³-hybridized carbons (Fsp3) is 0.176. The fourth-order valence-electron chi connectivity index (χ4n) is 1.77. The Kier molecular flexibility index (Phi) is 5.99. The van der Waals surface area contributed by atoms with Crippen LogP contribution in [0, 0.1) is 0 Å². The molecule has 0 aliphatic rings. The van der Waals surface area contributed by atoms with Crippen LogP contribution in [0.25, 0.3) is 0 Å². The molecule has 0 saturated carbocycles. The lowest BCUT2D eigenvalue weighted by atomic mass is 10.2. The number of carbonyl (C=O) groups excluding carboxylic acids is 2. The maximum Gasteiger partial charge on any atom is 0.407 e. The first kappa shape index (κ1) is 15.6. The minimum atomic E-state index is -0.545. The number of hydrogen-bond acceptors (Lipinski definition) is 4. The number of hydrogen-bond donors (Lipinski definition) is 1. The van der Waals surface area contributed by atoms with E-state index in [1.54, 1.807) is 0 Å². The number of rotatable bonds is 7. The van der Waals surface area contributed by atoms with Crippen molar-refractivity contribution in [1.29, 1.82) is 0 Å². The normalized spacial score (nSPS) is 9.82. The van der Waals surface area contributed by atoms with Crippen LogP contribution in [-0.4, -0.2) is 19.0 Å². The number of amides is 1. The number of alkyl carbamates (subject to hydrolysis) is 1. The molecule has 0 atom stereocenters. The maximum absolute atomic E-state index is 11.4. The Morgan fingerprint density at radius 3 is 2.59 bits per heavy atom. The second-order valence-electron chi connectivity index (χ2n) is 4.51. The van der Waals surface area contributed by atoms with Gasteiger partial charge in [0.15, 0.2) is 0 Å². The molecule has 0 heterocycles. The third-order valence-corrected chi connectivity index (χ3v) is 2.78. The van der Waals surface area contributed by atoms with Crippen LogP contribution >= 0.6 is 0 Å². The van der Waals surface area contributed by atoms with Gasteiger partial charge in [0.1, 0.15) is 17.8 Å². The number of para-hydroxylation sites is 1. The van der Waals surface area contributed by atoms with Gasteiger partial charge >= 0.3 is 6.09 Å². The summed E-state index contributed by atoms with van der Waals surface area (Å²) in [6, 6.07) is 16.9. The molecule has 2 rings (SSSR count). The zero-order chi connectivity index (χ0) is 15.6. The quantitative estimate of drug-likeness (QED) is 0.629. The van der Waals surface area contributed by atoms with Crippen LogP contribution in [0.15, 0.2) is 54.6 Å². The molecule has 0 spiro atoms. The largest absolute Gasteiger partial charge is 0.457 e. The zero-order valence-electron chi connectivity index (χ0n) is 12.0. The second kappa shape index (κ2) is 8.46. The van der Waals surface area contributed by atoms with Crippen molar-refractivity contribution in [2.45, 2.75) is 13.0 Å². The Morgan fingerprint density at radius 1 is 1.05 bits per heavy atom. The van der Waals surface area contributed by atoms with E-state index in [1.165, 1.54) is 0 Å². The Morgan fingerprint density at radius 2 is 1.82 bits per heavy atom. The van der Waals surface area contributed by atoms with E-state index in [1.807, 2.05) is 54.6 Å². The van der Waals surface area contributed by atoms with E-state index in [-0.39, 0.29) is 13.0 Å². The Hall–Kier alpha value is -2.82. The lowest BCUT2D eigenvalue weighted by Gasteiger charge is -2.09. The van der Waals surface area contributed by atoms with Crippen molar-refractivity contribution in [1.82, 2.24) is 5.32 Å². The van der Waals surface area contributed by atoms with Gasteiger partial charge in [-0.05, 0) is 29.8 Å². The zero-order valence-corrected chi connectivity index (χ0v) is 12.0. The van der Waals surface area contributed by atoms with Crippen LogP contribution in [0.1, 0.15) is 12.0 Å². The number of carbonyl (C=O) groups is 2. The lowest BCUT2D eigenvalue weighted by molar-refractivity contribution is -0.108. The molecule has 0 radical (unpaired) electrons. The number of nitrogens with one attached hydrogen (secondary N) is 1. The summed E-state index contributed by atoms with van der Waals surface area (Å²) in [6.07, 6.45) is 0.363. The number of aldehydes is 1. The van der Waals surface area contributed by atoms with Gasteiger partial charge in [-0.25, -0.2) is 4.79 Å². The van der Waals surface area contributed by atoms with Crippen molar-refractivity contribution in [2.24, 2.45) is 0 Å². The summed E-state index contributed by atoms with van der Waals surface area (Å²) in [5, 5.41) is 2.62. The van der Waals surface area contributed by atoms with E-state index >= 15 is 0 Å². The molecule has 0 aliphatic carbocycles. The first-order chi connectivity index (χ1) is 10.8. The average Bonchev–Trinajstić information content (AvgIpc) is 2.55. The van der Waals surface area contributed by atoms with Crippen LogP contribution < -0.4 is 10.1 Å². The molecule has 2 aromatic rings. The monoisotopic (exact) mass is 299 g/mol. The lowest BCUT2D eigenvalue weighted by Crippen LogP contribution is -2.24. The standard InChI is InChI=1S/C17H17NO4/c19-10-5-11-21-17(20)18-13-14-6-4-9-16(12-14)22-15-7-2-1-3-8-15/h1-4,6-10,12H,5,11,13H2,(H,18,20). The van der Waals surface area contributed by atoms with Crippen molar-refractivity contribution < 1.29 is 19.1 Å². The summed E-state index contributed by atoms with van der Waals surface area (Å²) in [4.78, 5) is 21.5. The molecular weight excluding hydrogens is 282 g/mol. The highest BCUT2D eigenvalue weighted by Crippen LogP contribution is 2.21. The Bertz CT molecular complexity index is 613. The third-order valence-electron chi connectivity index (χ3n) is 2.78. The summed E-state index contributed by atoms with van der Waals surface area (Å²) in [7, 11) is 0. The minimum Gasteiger partial charge on any atom is -0.457 e. The minimum absolute atomic E-state index is 0.0898. The molecule has 0 aliphatic heterocycles. The predicted molar refractivity (Wildman–Crippen MR) is 81.8 cm³/mol. The Labute approximate surface area is 128 Å². The van der Waals surface area contributed by atoms with Crippen LogP contribution in [0.3, 0.4) is 0 Å². The molecule has 5 nitrogen and oxygen atoms in total. The first-order valence-corrected chi connectivity index (χ1v) is 6.94. The molecule has 0 bridgehead atoms. The van der Waals surface area contributed by atoms with Gasteiger partial charge in [-0.2, -0.15) is 0 Å². The molecule has 114 valence electrons. The fourth-order valence-corrected chi connectivity index (χ4v) is 1.77. The third kappa shape index (κ3) is 5.28. The molecule has 0 fully saturated rings. The highest BCUT2D eigenvalue weighted by Gasteiger charge is 2.03. The van der Waals surface area contributed by atoms with Gasteiger partial charge in [-0.3, -0.25) is 0 Å². The predicted octanol–water partition coefficient (Wildman–Crippen LogP) is 3.29. The molecule has 0 saturated heterocycles. The summed E-state index contributed by atoms with van der Waals surface area (Å²) in [6.45, 7) is 0.415. The van der Waals surface area contributed by atoms with E-state index in [0.29, 0.717) is 18.6 Å². The molecule has 0 unspecified atom stereocenters. The summed E-state index contributed by atoms with van der Waals surface area (Å²) in [5.74, 6) is 1.45. The highest BCUT2D eigenvalue weighted by molar-refractivity contribution is 5.67. The van der Waals surface area contributed by atoms with Crippen molar-refractivity contribution >= 4 is 12.4 Å². The van der Waals surface area contributed by atoms with Crippen LogP contribution in [0.4, 0.5) is 4.79 Å². The van der Waals surface area contributed by atoms with Crippen LogP contribution in [0.5, 0.6) is 11.5 Å². The second-order valence-corrected chi connectivity index (χ2v) is 4.51. The van der Waals surface area contributed by atoms with E-state index < -0.39 is 6.09 Å².